The summed E-state index contributed by atoms with van der Waals surface area (Å²) in [6, 6.07) is 9.78. The van der Waals surface area contributed by atoms with Crippen LogP contribution in [0, 0.1) is 5.82 Å². The predicted molar refractivity (Wildman–Crippen MR) is 156 cm³/mol. The summed E-state index contributed by atoms with van der Waals surface area (Å²) >= 11 is 5.82. The number of nitrogens with zero attached hydrogens (tertiary/aromatic N) is 4. The van der Waals surface area contributed by atoms with Crippen molar-refractivity contribution in [2.24, 2.45) is 0 Å². The summed E-state index contributed by atoms with van der Waals surface area (Å²) < 4.78 is 15.7. The summed E-state index contributed by atoms with van der Waals surface area (Å²) in [4.78, 5) is 42.3. The van der Waals surface area contributed by atoms with Crippen LogP contribution >= 0.6 is 11.6 Å². The molecule has 1 aromatic heterocycles. The molecular weight excluding hydrogens is 565 g/mol. The maximum absolute atomic E-state index is 14.2. The van der Waals surface area contributed by atoms with Crippen LogP contribution < -0.4 is 16.0 Å². The second kappa shape index (κ2) is 13.2. The Morgan fingerprint density at radius 1 is 1.17 bits per heavy atom. The smallest absolute Gasteiger partial charge is 0.245 e. The van der Waals surface area contributed by atoms with E-state index in [1.165, 1.54) is 21.7 Å². The number of rotatable bonds is 11. The van der Waals surface area contributed by atoms with Gasteiger partial charge < -0.3 is 26.0 Å². The van der Waals surface area contributed by atoms with Crippen LogP contribution in [0.25, 0.3) is 10.9 Å². The van der Waals surface area contributed by atoms with E-state index in [4.69, 9.17) is 11.6 Å². The molecule has 0 radical (unpaired) electrons. The number of aliphatic hydroxyl groups excluding tert-OH is 1. The van der Waals surface area contributed by atoms with Crippen LogP contribution in [0.2, 0.25) is 5.02 Å². The average molecular weight is 600 g/mol. The molecule has 0 spiro atoms. The lowest BCUT2D eigenvalue weighted by molar-refractivity contribution is -0.137. The van der Waals surface area contributed by atoms with Crippen molar-refractivity contribution in [3.63, 3.8) is 0 Å². The molecule has 1 aliphatic heterocycles. The van der Waals surface area contributed by atoms with Crippen LogP contribution in [-0.4, -0.2) is 87.7 Å². The number of nitrogens with one attached hydrogen (secondary N) is 3. The van der Waals surface area contributed by atoms with Gasteiger partial charge in [0.05, 0.1) is 35.4 Å². The lowest BCUT2D eigenvalue weighted by atomic mass is 10.1. The molecule has 3 aromatic rings. The molecule has 2 heterocycles. The number of benzene rings is 2. The first kappa shape index (κ1) is 29.9. The van der Waals surface area contributed by atoms with Crippen LogP contribution in [0.3, 0.4) is 0 Å². The first-order valence-corrected chi connectivity index (χ1v) is 14.5. The average Bonchev–Trinajstić information content (AvgIpc) is 3.74. The van der Waals surface area contributed by atoms with Gasteiger partial charge in [-0.2, -0.15) is 5.10 Å². The molecule has 2 aliphatic rings. The Hall–Kier alpha value is -3.58. The number of aliphatic hydroxyl groups is 1. The minimum absolute atomic E-state index is 0.0238. The van der Waals surface area contributed by atoms with Gasteiger partial charge in [-0.15, -0.1) is 0 Å². The van der Waals surface area contributed by atoms with Gasteiger partial charge in [-0.1, -0.05) is 23.7 Å². The highest BCUT2D eigenvalue weighted by molar-refractivity contribution is 6.30. The molecule has 4 N–H and O–H groups in total. The minimum Gasteiger partial charge on any atom is -0.387 e. The molecule has 42 heavy (non-hydrogen) atoms. The Kier molecular flexibility index (Phi) is 9.37. The molecule has 1 saturated heterocycles. The third-order valence-electron chi connectivity index (χ3n) is 7.45. The van der Waals surface area contributed by atoms with Crippen molar-refractivity contribution in [2.45, 2.75) is 45.0 Å². The fourth-order valence-electron chi connectivity index (χ4n) is 5.10. The zero-order valence-electron chi connectivity index (χ0n) is 23.4. The van der Waals surface area contributed by atoms with E-state index in [0.717, 1.165) is 39.0 Å². The van der Waals surface area contributed by atoms with Crippen LogP contribution in [0.15, 0.2) is 36.4 Å². The molecule has 13 heteroatoms. The largest absolute Gasteiger partial charge is 0.387 e. The SMILES string of the molecule is CC(O)c1nn(CC(=O)N(CC(=O)NCc2cccc(Cl)c2F)C2CC2)c2ccc(NC(=O)CN3CCNCC3)cc12. The molecule has 3 amide bonds. The van der Waals surface area contributed by atoms with Gasteiger partial charge >= 0.3 is 0 Å². The molecule has 11 nitrogen and oxygen atoms in total. The van der Waals surface area contributed by atoms with Gasteiger partial charge in [0.15, 0.2) is 0 Å². The van der Waals surface area contributed by atoms with Crippen LogP contribution in [-0.2, 0) is 27.5 Å². The van der Waals surface area contributed by atoms with Crippen molar-refractivity contribution in [3.8, 4) is 0 Å². The summed E-state index contributed by atoms with van der Waals surface area (Å²) in [6.07, 6.45) is 0.669. The standard InChI is InChI=1S/C29H35ClFN7O4/c1-18(39)29-22-13-20(34-26(41)15-36-11-9-32-10-12-36)5-8-24(22)38(35-29)17-27(42)37(21-6-7-21)16-25(40)33-14-19-3-2-4-23(30)28(19)31/h2-5,8,13,18,21,32,39H,6-7,9-12,14-17H2,1H3,(H,33,40)(H,34,41). The van der Waals surface area contributed by atoms with Gasteiger partial charge in [-0.05, 0) is 44.0 Å². The van der Waals surface area contributed by atoms with Crippen molar-refractivity contribution in [3.05, 3.63) is 58.5 Å². The maximum atomic E-state index is 14.2. The molecular formula is C29H35ClFN7O4. The zero-order chi connectivity index (χ0) is 29.8. The highest BCUT2D eigenvalue weighted by Gasteiger charge is 2.34. The number of carbonyl (C=O) groups is 3. The zero-order valence-corrected chi connectivity index (χ0v) is 24.2. The van der Waals surface area contributed by atoms with E-state index < -0.39 is 17.8 Å². The number of hydrogen-bond acceptors (Lipinski definition) is 7. The minimum atomic E-state index is -0.909. The first-order valence-electron chi connectivity index (χ1n) is 14.1. The van der Waals surface area contributed by atoms with E-state index >= 15 is 0 Å². The summed E-state index contributed by atoms with van der Waals surface area (Å²) in [5, 5.41) is 24.4. The van der Waals surface area contributed by atoms with Crippen molar-refractivity contribution in [1.82, 2.24) is 30.2 Å². The normalized spacial score (nSPS) is 16.3. The van der Waals surface area contributed by atoms with Crippen LogP contribution in [0.1, 0.15) is 37.1 Å². The van der Waals surface area contributed by atoms with E-state index in [2.05, 4.69) is 25.9 Å². The topological polar surface area (TPSA) is 132 Å². The fraction of sp³-hybridized carbons (Fsp3) is 0.448. The lowest BCUT2D eigenvalue weighted by Crippen LogP contribution is -2.46. The molecule has 1 atom stereocenters. The van der Waals surface area contributed by atoms with E-state index in [-0.39, 0.29) is 54.6 Å². The van der Waals surface area contributed by atoms with Crippen LogP contribution in [0.5, 0.6) is 0 Å². The van der Waals surface area contributed by atoms with Crippen molar-refractivity contribution in [1.29, 1.82) is 0 Å². The Balaban J connectivity index is 1.26. The number of amides is 3. The van der Waals surface area contributed by atoms with Crippen LogP contribution in [0.4, 0.5) is 10.1 Å². The van der Waals surface area contributed by atoms with Gasteiger partial charge in [0.2, 0.25) is 17.7 Å². The van der Waals surface area contributed by atoms with Crippen molar-refractivity contribution >= 4 is 45.9 Å². The highest BCUT2D eigenvalue weighted by Crippen LogP contribution is 2.29. The number of aromatic nitrogens is 2. The second-order valence-electron chi connectivity index (χ2n) is 10.8. The summed E-state index contributed by atoms with van der Waals surface area (Å²) in [5.41, 5.74) is 1.84. The van der Waals surface area contributed by atoms with Crippen molar-refractivity contribution in [2.75, 3.05) is 44.6 Å². The summed E-state index contributed by atoms with van der Waals surface area (Å²) in [5.74, 6) is -1.42. The summed E-state index contributed by atoms with van der Waals surface area (Å²) in [6.45, 7) is 4.83. The number of fused-ring (bicyclic) bond motifs is 1. The third kappa shape index (κ3) is 7.24. The Morgan fingerprint density at radius 3 is 2.64 bits per heavy atom. The lowest BCUT2D eigenvalue weighted by Gasteiger charge is -2.26. The molecule has 1 unspecified atom stereocenters. The molecule has 2 aromatic carbocycles. The fourth-order valence-corrected chi connectivity index (χ4v) is 5.29. The van der Waals surface area contributed by atoms with Crippen molar-refractivity contribution < 1.29 is 23.9 Å². The molecule has 224 valence electrons. The van der Waals surface area contributed by atoms with E-state index in [1.807, 2.05) is 0 Å². The Bertz CT molecular complexity index is 1470. The van der Waals surface area contributed by atoms with E-state index in [1.54, 1.807) is 31.2 Å². The van der Waals surface area contributed by atoms with E-state index in [9.17, 15) is 23.9 Å². The Labute approximate surface area is 248 Å². The molecule has 1 aliphatic carbocycles. The van der Waals surface area contributed by atoms with Gasteiger partial charge in [0, 0.05) is 55.4 Å². The maximum Gasteiger partial charge on any atom is 0.245 e. The van der Waals surface area contributed by atoms with Gasteiger partial charge in [-0.25, -0.2) is 4.39 Å². The summed E-state index contributed by atoms with van der Waals surface area (Å²) in [7, 11) is 0. The Morgan fingerprint density at radius 2 is 1.93 bits per heavy atom. The van der Waals surface area contributed by atoms with Gasteiger partial charge in [0.25, 0.3) is 0 Å². The first-order chi connectivity index (χ1) is 20.2. The second-order valence-corrected chi connectivity index (χ2v) is 11.2. The van der Waals surface area contributed by atoms with Gasteiger partial charge in [-0.3, -0.25) is 24.0 Å². The molecule has 5 rings (SSSR count). The molecule has 2 fully saturated rings. The third-order valence-corrected chi connectivity index (χ3v) is 7.74. The monoisotopic (exact) mass is 599 g/mol. The van der Waals surface area contributed by atoms with E-state index in [0.29, 0.717) is 22.3 Å². The quantitative estimate of drug-likeness (QED) is 0.265. The number of piperazine rings is 1. The number of halogens is 2. The molecule has 0 bridgehead atoms. The molecule has 1 saturated carbocycles. The number of carbonyl (C=O) groups excluding carboxylic acids is 3. The number of hydrogen-bond donors (Lipinski definition) is 4. The highest BCUT2D eigenvalue weighted by atomic mass is 35.5. The predicted octanol–water partition coefficient (Wildman–Crippen LogP) is 2.03. The van der Waals surface area contributed by atoms with Gasteiger partial charge in [0.1, 0.15) is 12.4 Å². The number of anilines is 1.